The highest BCUT2D eigenvalue weighted by molar-refractivity contribution is 5.69. The number of nitrogens with one attached hydrogen (secondary N) is 1. The lowest BCUT2D eigenvalue weighted by Crippen LogP contribution is -2.52. The van der Waals surface area contributed by atoms with Crippen molar-refractivity contribution in [3.63, 3.8) is 0 Å². The van der Waals surface area contributed by atoms with Gasteiger partial charge in [-0.05, 0) is 46.6 Å². The molecule has 2 rings (SSSR count). The first-order chi connectivity index (χ1) is 7.47. The van der Waals surface area contributed by atoms with Crippen LogP contribution in [0.4, 0.5) is 4.79 Å². The van der Waals surface area contributed by atoms with E-state index in [2.05, 4.69) is 5.32 Å². The molecule has 0 aromatic rings. The molecule has 2 saturated heterocycles. The summed E-state index contributed by atoms with van der Waals surface area (Å²) in [5.41, 5.74) is -0.393. The topological polar surface area (TPSA) is 41.6 Å². The number of carbonyl (C=O) groups excluding carboxylic acids is 1. The van der Waals surface area contributed by atoms with E-state index in [1.165, 1.54) is 6.42 Å². The third kappa shape index (κ3) is 2.48. The van der Waals surface area contributed by atoms with Gasteiger partial charge in [-0.15, -0.1) is 0 Å². The molecule has 2 fully saturated rings. The number of amides is 1. The summed E-state index contributed by atoms with van der Waals surface area (Å²) in [5, 5.41) is 3.46. The Morgan fingerprint density at radius 3 is 2.81 bits per heavy atom. The third-order valence-electron chi connectivity index (χ3n) is 3.25. The minimum Gasteiger partial charge on any atom is -0.444 e. The highest BCUT2D eigenvalue weighted by Gasteiger charge is 2.38. The van der Waals surface area contributed by atoms with Crippen molar-refractivity contribution in [2.75, 3.05) is 13.1 Å². The summed E-state index contributed by atoms with van der Waals surface area (Å²) in [6.07, 6.45) is 3.17. The van der Waals surface area contributed by atoms with E-state index in [0.29, 0.717) is 12.1 Å². The van der Waals surface area contributed by atoms with Gasteiger partial charge in [0.15, 0.2) is 0 Å². The number of fused-ring (bicyclic) bond motifs is 1. The van der Waals surface area contributed by atoms with Gasteiger partial charge in [-0.1, -0.05) is 0 Å². The standard InChI is InChI=1S/C12H22N2O2/c1-12(2,3)16-11(15)14-8-4-5-9-10(14)6-7-13-9/h9-10,13H,4-8H2,1-3H3/t9-,10+/m1/s1. The van der Waals surface area contributed by atoms with E-state index < -0.39 is 5.60 Å². The molecule has 1 amide bonds. The Bertz CT molecular complexity index is 273. The smallest absolute Gasteiger partial charge is 0.410 e. The fourth-order valence-electron chi connectivity index (χ4n) is 2.62. The third-order valence-corrected chi connectivity index (χ3v) is 3.25. The molecule has 16 heavy (non-hydrogen) atoms. The lowest BCUT2D eigenvalue weighted by Gasteiger charge is -2.38. The summed E-state index contributed by atoms with van der Waals surface area (Å²) < 4.78 is 5.44. The first kappa shape index (κ1) is 11.7. The van der Waals surface area contributed by atoms with Crippen molar-refractivity contribution in [2.45, 2.75) is 57.7 Å². The fourth-order valence-corrected chi connectivity index (χ4v) is 2.62. The Balaban J connectivity index is 2.00. The SMILES string of the molecule is CC(C)(C)OC(=O)N1CCC[C@H]2NCC[C@@H]21. The van der Waals surface area contributed by atoms with Crippen molar-refractivity contribution in [2.24, 2.45) is 0 Å². The molecular formula is C12H22N2O2. The van der Waals surface area contributed by atoms with Gasteiger partial charge in [0.1, 0.15) is 5.60 Å². The van der Waals surface area contributed by atoms with E-state index in [4.69, 9.17) is 4.74 Å². The number of ether oxygens (including phenoxy) is 1. The molecule has 0 aliphatic carbocycles. The highest BCUT2D eigenvalue weighted by atomic mass is 16.6. The second-order valence-corrected chi connectivity index (χ2v) is 5.73. The molecule has 0 unspecified atom stereocenters. The fraction of sp³-hybridized carbons (Fsp3) is 0.917. The lowest BCUT2D eigenvalue weighted by molar-refractivity contribution is 0.00884. The van der Waals surface area contributed by atoms with Crippen LogP contribution in [0, 0.1) is 0 Å². The maximum atomic E-state index is 12.0. The van der Waals surface area contributed by atoms with Crippen LogP contribution in [-0.2, 0) is 4.74 Å². The predicted molar refractivity (Wildman–Crippen MR) is 62.4 cm³/mol. The molecule has 2 atom stereocenters. The van der Waals surface area contributed by atoms with E-state index in [9.17, 15) is 4.79 Å². The van der Waals surface area contributed by atoms with Gasteiger partial charge in [0.2, 0.25) is 0 Å². The number of rotatable bonds is 0. The molecule has 2 aliphatic heterocycles. The van der Waals surface area contributed by atoms with Crippen molar-refractivity contribution in [3.05, 3.63) is 0 Å². The van der Waals surface area contributed by atoms with Crippen molar-refractivity contribution >= 4 is 6.09 Å². The molecule has 92 valence electrons. The zero-order valence-corrected chi connectivity index (χ0v) is 10.5. The average Bonchev–Trinajstić information content (AvgIpc) is 2.61. The normalized spacial score (nSPS) is 30.1. The second-order valence-electron chi connectivity index (χ2n) is 5.73. The number of likely N-dealkylation sites (tertiary alicyclic amines) is 1. The van der Waals surface area contributed by atoms with Gasteiger partial charge < -0.3 is 15.0 Å². The van der Waals surface area contributed by atoms with Crippen LogP contribution in [0.1, 0.15) is 40.0 Å². The average molecular weight is 226 g/mol. The zero-order valence-electron chi connectivity index (χ0n) is 10.5. The second kappa shape index (κ2) is 4.24. The van der Waals surface area contributed by atoms with Gasteiger partial charge in [-0.2, -0.15) is 0 Å². The molecule has 2 aliphatic rings. The largest absolute Gasteiger partial charge is 0.444 e. The zero-order chi connectivity index (χ0) is 11.8. The molecular weight excluding hydrogens is 204 g/mol. The maximum Gasteiger partial charge on any atom is 0.410 e. The predicted octanol–water partition coefficient (Wildman–Crippen LogP) is 1.75. The number of hydrogen-bond donors (Lipinski definition) is 1. The van der Waals surface area contributed by atoms with Crippen LogP contribution in [0.5, 0.6) is 0 Å². The van der Waals surface area contributed by atoms with Crippen molar-refractivity contribution in [1.29, 1.82) is 0 Å². The van der Waals surface area contributed by atoms with Crippen LogP contribution >= 0.6 is 0 Å². The van der Waals surface area contributed by atoms with Crippen LogP contribution < -0.4 is 5.32 Å². The summed E-state index contributed by atoms with van der Waals surface area (Å²) in [6.45, 7) is 7.62. The number of piperidine rings is 1. The van der Waals surface area contributed by atoms with E-state index >= 15 is 0 Å². The van der Waals surface area contributed by atoms with Crippen LogP contribution in [0.25, 0.3) is 0 Å². The molecule has 0 radical (unpaired) electrons. The van der Waals surface area contributed by atoms with Gasteiger partial charge in [-0.3, -0.25) is 0 Å². The summed E-state index contributed by atoms with van der Waals surface area (Å²) in [6, 6.07) is 0.838. The summed E-state index contributed by atoms with van der Waals surface area (Å²) in [5.74, 6) is 0. The summed E-state index contributed by atoms with van der Waals surface area (Å²) in [7, 11) is 0. The Morgan fingerprint density at radius 1 is 1.38 bits per heavy atom. The highest BCUT2D eigenvalue weighted by Crippen LogP contribution is 2.25. The minimum atomic E-state index is -0.393. The molecule has 2 heterocycles. The number of carbonyl (C=O) groups is 1. The summed E-state index contributed by atoms with van der Waals surface area (Å²) in [4.78, 5) is 13.9. The Hall–Kier alpha value is -0.770. The Morgan fingerprint density at radius 2 is 2.12 bits per heavy atom. The van der Waals surface area contributed by atoms with Gasteiger partial charge in [0.05, 0.1) is 6.04 Å². The minimum absolute atomic E-state index is 0.147. The van der Waals surface area contributed by atoms with Gasteiger partial charge in [0.25, 0.3) is 0 Å². The van der Waals surface area contributed by atoms with Crippen molar-refractivity contribution in [1.82, 2.24) is 10.2 Å². The van der Waals surface area contributed by atoms with Crippen molar-refractivity contribution in [3.8, 4) is 0 Å². The van der Waals surface area contributed by atoms with E-state index in [1.807, 2.05) is 25.7 Å². The maximum absolute atomic E-state index is 12.0. The lowest BCUT2D eigenvalue weighted by atomic mass is 9.98. The molecule has 4 nitrogen and oxygen atoms in total. The van der Waals surface area contributed by atoms with Crippen LogP contribution in [0.3, 0.4) is 0 Å². The molecule has 1 N–H and O–H groups in total. The van der Waals surface area contributed by atoms with Gasteiger partial charge in [0, 0.05) is 12.6 Å². The van der Waals surface area contributed by atoms with Crippen LogP contribution in [0.2, 0.25) is 0 Å². The van der Waals surface area contributed by atoms with E-state index in [0.717, 1.165) is 25.9 Å². The molecule has 4 heteroatoms. The van der Waals surface area contributed by atoms with E-state index in [1.54, 1.807) is 0 Å². The first-order valence-electron chi connectivity index (χ1n) is 6.20. The van der Waals surface area contributed by atoms with Crippen LogP contribution in [0.15, 0.2) is 0 Å². The molecule has 0 aromatic carbocycles. The van der Waals surface area contributed by atoms with E-state index in [-0.39, 0.29) is 6.09 Å². The molecule has 0 aromatic heterocycles. The monoisotopic (exact) mass is 226 g/mol. The van der Waals surface area contributed by atoms with Gasteiger partial charge in [-0.25, -0.2) is 4.79 Å². The number of nitrogens with zero attached hydrogens (tertiary/aromatic N) is 1. The number of hydrogen-bond acceptors (Lipinski definition) is 3. The van der Waals surface area contributed by atoms with Gasteiger partial charge >= 0.3 is 6.09 Å². The summed E-state index contributed by atoms with van der Waals surface area (Å²) >= 11 is 0. The quantitative estimate of drug-likeness (QED) is 0.684. The van der Waals surface area contributed by atoms with Crippen LogP contribution in [-0.4, -0.2) is 41.8 Å². The Labute approximate surface area is 97.3 Å². The van der Waals surface area contributed by atoms with Crippen molar-refractivity contribution < 1.29 is 9.53 Å². The molecule has 0 saturated carbocycles. The molecule has 0 spiro atoms. The molecule has 0 bridgehead atoms. The Kier molecular flexibility index (Phi) is 3.10. The first-order valence-corrected chi connectivity index (χ1v) is 6.20.